The third-order valence-corrected chi connectivity index (χ3v) is 5.54. The molecule has 2 aromatic carbocycles. The van der Waals surface area contributed by atoms with Crippen molar-refractivity contribution in [1.29, 1.82) is 0 Å². The second kappa shape index (κ2) is 8.41. The minimum absolute atomic E-state index is 0.145. The summed E-state index contributed by atoms with van der Waals surface area (Å²) in [5.74, 6) is 0.422. The van der Waals surface area contributed by atoms with Gasteiger partial charge in [0.05, 0.1) is 20.5 Å². The van der Waals surface area contributed by atoms with Gasteiger partial charge in [-0.15, -0.1) is 11.3 Å². The van der Waals surface area contributed by atoms with Gasteiger partial charge in [0.15, 0.2) is 0 Å². The number of halogens is 1. The zero-order chi connectivity index (χ0) is 20.3. The summed E-state index contributed by atoms with van der Waals surface area (Å²) in [7, 11) is 0. The van der Waals surface area contributed by atoms with Crippen molar-refractivity contribution in [1.82, 2.24) is 0 Å². The molecule has 0 aliphatic heterocycles. The van der Waals surface area contributed by atoms with Gasteiger partial charge < -0.3 is 10.1 Å². The van der Waals surface area contributed by atoms with Crippen molar-refractivity contribution in [3.63, 3.8) is 0 Å². The second-order valence-electron chi connectivity index (χ2n) is 6.18. The lowest BCUT2D eigenvalue weighted by molar-refractivity contribution is -0.384. The van der Waals surface area contributed by atoms with E-state index in [-0.39, 0.29) is 22.3 Å². The number of ether oxygens (including phenoxy) is 1. The summed E-state index contributed by atoms with van der Waals surface area (Å²) in [6.45, 7) is 4.36. The highest BCUT2D eigenvalue weighted by molar-refractivity contribution is 7.12. The Hall–Kier alpha value is -2.90. The summed E-state index contributed by atoms with van der Waals surface area (Å²) in [6, 6.07) is 11.5. The molecule has 6 nitrogen and oxygen atoms in total. The number of amides is 1. The lowest BCUT2D eigenvalue weighted by Gasteiger charge is -2.09. The number of benzene rings is 2. The van der Waals surface area contributed by atoms with E-state index in [1.54, 1.807) is 6.07 Å². The van der Waals surface area contributed by atoms with Gasteiger partial charge in [-0.3, -0.25) is 14.9 Å². The lowest BCUT2D eigenvalue weighted by atomic mass is 10.1. The summed E-state index contributed by atoms with van der Waals surface area (Å²) >= 11 is 7.30. The number of nitro benzene ring substituents is 1. The number of nitrogens with zero attached hydrogens (tertiary/aromatic N) is 1. The molecule has 0 fully saturated rings. The molecule has 0 saturated heterocycles. The van der Waals surface area contributed by atoms with Crippen molar-refractivity contribution in [3.05, 3.63) is 84.5 Å². The van der Waals surface area contributed by atoms with Gasteiger partial charge >= 0.3 is 0 Å². The van der Waals surface area contributed by atoms with Crippen LogP contribution < -0.4 is 10.1 Å². The molecular formula is C20H17ClN2O4S. The molecule has 1 aromatic heterocycles. The molecule has 3 rings (SSSR count). The quantitative estimate of drug-likeness (QED) is 0.409. The smallest absolute Gasteiger partial charge is 0.271 e. The predicted octanol–water partition coefficient (Wildman–Crippen LogP) is 5.76. The van der Waals surface area contributed by atoms with Crippen LogP contribution >= 0.6 is 22.9 Å². The van der Waals surface area contributed by atoms with Gasteiger partial charge in [-0.05, 0) is 48.6 Å². The molecule has 0 radical (unpaired) electrons. The van der Waals surface area contributed by atoms with E-state index in [2.05, 4.69) is 5.32 Å². The average Bonchev–Trinajstić information content (AvgIpc) is 3.13. The number of nitrogens with one attached hydrogen (secondary N) is 1. The Morgan fingerprint density at radius 2 is 2.04 bits per heavy atom. The third kappa shape index (κ3) is 4.49. The highest BCUT2D eigenvalue weighted by Crippen LogP contribution is 2.28. The van der Waals surface area contributed by atoms with Crippen LogP contribution in [0.4, 0.5) is 11.4 Å². The minimum atomic E-state index is -0.542. The average molecular weight is 417 g/mol. The standard InChI is InChI=1S/C20H17ClN2O4S/c1-12-4-3-5-18(13(12)2)27-10-14-8-19(28-11-14)20(24)22-17-9-15(23(25)26)6-7-16(17)21/h3-9,11H,10H2,1-2H3,(H,22,24). The normalized spacial score (nSPS) is 10.5. The molecular weight excluding hydrogens is 400 g/mol. The van der Waals surface area contributed by atoms with Gasteiger partial charge in [0, 0.05) is 17.7 Å². The van der Waals surface area contributed by atoms with E-state index < -0.39 is 4.92 Å². The minimum Gasteiger partial charge on any atom is -0.489 e. The van der Waals surface area contributed by atoms with Crippen LogP contribution in [0.1, 0.15) is 26.4 Å². The molecule has 0 saturated carbocycles. The van der Waals surface area contributed by atoms with Gasteiger partial charge in [0.2, 0.25) is 0 Å². The number of non-ortho nitro benzene ring substituents is 1. The topological polar surface area (TPSA) is 81.5 Å². The molecule has 0 unspecified atom stereocenters. The summed E-state index contributed by atoms with van der Waals surface area (Å²) < 4.78 is 5.86. The molecule has 3 aromatic rings. The maximum atomic E-state index is 12.5. The summed E-state index contributed by atoms with van der Waals surface area (Å²) in [5, 5.41) is 15.6. The summed E-state index contributed by atoms with van der Waals surface area (Å²) in [5.41, 5.74) is 3.14. The van der Waals surface area contributed by atoms with Crippen LogP contribution in [0.25, 0.3) is 0 Å². The van der Waals surface area contributed by atoms with Crippen molar-refractivity contribution < 1.29 is 14.5 Å². The lowest BCUT2D eigenvalue weighted by Crippen LogP contribution is -2.10. The molecule has 144 valence electrons. The van der Waals surface area contributed by atoms with Crippen molar-refractivity contribution >= 4 is 40.2 Å². The fourth-order valence-corrected chi connectivity index (χ4v) is 3.48. The number of carbonyl (C=O) groups excluding carboxylic acids is 1. The number of hydrogen-bond donors (Lipinski definition) is 1. The molecule has 0 bridgehead atoms. The van der Waals surface area contributed by atoms with Crippen LogP contribution in [0.3, 0.4) is 0 Å². The first-order valence-corrected chi connectivity index (χ1v) is 9.62. The molecule has 1 amide bonds. The summed E-state index contributed by atoms with van der Waals surface area (Å²) in [4.78, 5) is 23.3. The molecule has 1 N–H and O–H groups in total. The van der Waals surface area contributed by atoms with Gasteiger partial charge in [0.25, 0.3) is 11.6 Å². The fourth-order valence-electron chi connectivity index (χ4n) is 2.52. The zero-order valence-corrected chi connectivity index (χ0v) is 16.8. The van der Waals surface area contributed by atoms with Gasteiger partial charge in [-0.25, -0.2) is 0 Å². The van der Waals surface area contributed by atoms with Gasteiger partial charge in [0.1, 0.15) is 12.4 Å². The monoisotopic (exact) mass is 416 g/mol. The van der Waals surface area contributed by atoms with Gasteiger partial charge in [-0.1, -0.05) is 23.7 Å². The van der Waals surface area contributed by atoms with Crippen molar-refractivity contribution in [2.75, 3.05) is 5.32 Å². The number of thiophene rings is 1. The number of carbonyl (C=O) groups is 1. The second-order valence-corrected chi connectivity index (χ2v) is 7.50. The van der Waals surface area contributed by atoms with Crippen LogP contribution in [-0.4, -0.2) is 10.8 Å². The number of rotatable bonds is 6. The number of aryl methyl sites for hydroxylation is 1. The molecule has 0 aliphatic carbocycles. The Labute approximate surface area is 170 Å². The molecule has 0 atom stereocenters. The van der Waals surface area contributed by atoms with E-state index in [4.69, 9.17) is 16.3 Å². The Bertz CT molecular complexity index is 1050. The maximum absolute atomic E-state index is 12.5. The van der Waals surface area contributed by atoms with Crippen molar-refractivity contribution in [2.45, 2.75) is 20.5 Å². The number of hydrogen-bond acceptors (Lipinski definition) is 5. The largest absolute Gasteiger partial charge is 0.489 e. The Morgan fingerprint density at radius 1 is 1.25 bits per heavy atom. The van der Waals surface area contributed by atoms with E-state index in [1.807, 2.05) is 37.4 Å². The SMILES string of the molecule is Cc1cccc(OCc2csc(C(=O)Nc3cc([N+](=O)[O-])ccc3Cl)c2)c1C. The first kappa shape index (κ1) is 19.9. The van der Waals surface area contributed by atoms with E-state index in [0.717, 1.165) is 22.4 Å². The Morgan fingerprint density at radius 3 is 2.79 bits per heavy atom. The van der Waals surface area contributed by atoms with Crippen LogP contribution in [0, 0.1) is 24.0 Å². The van der Waals surface area contributed by atoms with E-state index in [1.165, 1.54) is 29.5 Å². The maximum Gasteiger partial charge on any atom is 0.271 e. The fraction of sp³-hybridized carbons (Fsp3) is 0.150. The molecule has 0 aliphatic rings. The van der Waals surface area contributed by atoms with E-state index in [9.17, 15) is 14.9 Å². The van der Waals surface area contributed by atoms with Gasteiger partial charge in [-0.2, -0.15) is 0 Å². The highest BCUT2D eigenvalue weighted by Gasteiger charge is 2.15. The molecule has 8 heteroatoms. The molecule has 0 spiro atoms. The van der Waals surface area contributed by atoms with Crippen LogP contribution in [0.15, 0.2) is 47.8 Å². The Kier molecular flexibility index (Phi) is 5.96. The first-order chi connectivity index (χ1) is 13.3. The van der Waals surface area contributed by atoms with E-state index >= 15 is 0 Å². The third-order valence-electron chi connectivity index (χ3n) is 4.24. The number of anilines is 1. The summed E-state index contributed by atoms with van der Waals surface area (Å²) in [6.07, 6.45) is 0. The first-order valence-electron chi connectivity index (χ1n) is 8.37. The zero-order valence-electron chi connectivity index (χ0n) is 15.2. The Balaban J connectivity index is 1.68. The van der Waals surface area contributed by atoms with E-state index in [0.29, 0.717) is 11.5 Å². The molecule has 28 heavy (non-hydrogen) atoms. The van der Waals surface area contributed by atoms with Crippen LogP contribution in [0.5, 0.6) is 5.75 Å². The van der Waals surface area contributed by atoms with Crippen molar-refractivity contribution in [3.8, 4) is 5.75 Å². The van der Waals surface area contributed by atoms with Crippen LogP contribution in [0.2, 0.25) is 5.02 Å². The van der Waals surface area contributed by atoms with Crippen LogP contribution in [-0.2, 0) is 6.61 Å². The molecule has 1 heterocycles. The highest BCUT2D eigenvalue weighted by atomic mass is 35.5. The predicted molar refractivity (Wildman–Crippen MR) is 111 cm³/mol. The van der Waals surface area contributed by atoms with Crippen molar-refractivity contribution in [2.24, 2.45) is 0 Å². The number of nitro groups is 1.